The van der Waals surface area contributed by atoms with Crippen molar-refractivity contribution in [3.63, 3.8) is 0 Å². The van der Waals surface area contributed by atoms with Crippen LogP contribution in [-0.4, -0.2) is 43.9 Å². The maximum Gasteiger partial charge on any atom is 0.338 e. The van der Waals surface area contributed by atoms with Gasteiger partial charge in [-0.25, -0.2) is 9.79 Å². The Morgan fingerprint density at radius 2 is 1.79 bits per heavy atom. The quantitative estimate of drug-likeness (QED) is 0.178. The van der Waals surface area contributed by atoms with E-state index in [2.05, 4.69) is 43.5 Å². The summed E-state index contributed by atoms with van der Waals surface area (Å²) in [5.41, 5.74) is 1.58. The van der Waals surface area contributed by atoms with Crippen LogP contribution in [0.2, 0.25) is 0 Å². The molecule has 1 atom stereocenters. The van der Waals surface area contributed by atoms with E-state index < -0.39 is 18.0 Å². The van der Waals surface area contributed by atoms with Crippen molar-refractivity contribution in [3.8, 4) is 23.0 Å². The summed E-state index contributed by atoms with van der Waals surface area (Å²) in [5.74, 6) is 0.570. The van der Waals surface area contributed by atoms with Crippen LogP contribution in [0.1, 0.15) is 44.9 Å². The fraction of sp³-hybridized carbons (Fsp3) is 0.310. The van der Waals surface area contributed by atoms with Gasteiger partial charge in [-0.3, -0.25) is 14.2 Å². The maximum absolute atomic E-state index is 14.1. The largest absolute Gasteiger partial charge is 0.493 e. The van der Waals surface area contributed by atoms with Crippen molar-refractivity contribution in [3.05, 3.63) is 74.4 Å². The first-order valence-electron chi connectivity index (χ1n) is 12.8. The van der Waals surface area contributed by atoms with Crippen LogP contribution in [0.4, 0.5) is 0 Å². The van der Waals surface area contributed by atoms with Crippen LogP contribution in [0.25, 0.3) is 6.08 Å². The molecular weight excluding hydrogens is 743 g/mol. The Kier molecular flexibility index (Phi) is 10.1. The standard InChI is InChI=1S/C29H28BrIN2O8S/c1-7-39-22-10-16(9-19(31)26(22)41-15(4)34)11-23-27(35)33-25(17-12-20(37-5)21(38-6)13-18(17)30)24(28(36)40-8-2)14(3)32-29(33)42-23/h9-13,25H,7-8H2,1-6H3/b23-11-/t25-/m0/s1. The van der Waals surface area contributed by atoms with Crippen molar-refractivity contribution in [1.82, 2.24) is 4.57 Å². The van der Waals surface area contributed by atoms with Crippen LogP contribution >= 0.6 is 49.9 Å². The molecule has 3 aromatic rings. The van der Waals surface area contributed by atoms with Gasteiger partial charge >= 0.3 is 11.9 Å². The van der Waals surface area contributed by atoms with E-state index in [9.17, 15) is 14.4 Å². The molecule has 0 spiro atoms. The van der Waals surface area contributed by atoms with E-state index in [1.54, 1.807) is 44.2 Å². The molecule has 1 aromatic heterocycles. The van der Waals surface area contributed by atoms with Crippen molar-refractivity contribution < 1.29 is 33.3 Å². The molecule has 0 amide bonds. The molecule has 0 bridgehead atoms. The molecule has 2 aromatic carbocycles. The van der Waals surface area contributed by atoms with Crippen molar-refractivity contribution >= 4 is 67.9 Å². The lowest BCUT2D eigenvalue weighted by atomic mass is 9.95. The van der Waals surface area contributed by atoms with E-state index >= 15 is 0 Å². The van der Waals surface area contributed by atoms with Crippen LogP contribution in [0.3, 0.4) is 0 Å². The number of hydrogen-bond acceptors (Lipinski definition) is 10. The smallest absolute Gasteiger partial charge is 0.338 e. The van der Waals surface area contributed by atoms with Gasteiger partial charge in [0.25, 0.3) is 5.56 Å². The zero-order chi connectivity index (χ0) is 30.7. The number of esters is 2. The van der Waals surface area contributed by atoms with Gasteiger partial charge < -0.3 is 23.7 Å². The fourth-order valence-electron chi connectivity index (χ4n) is 4.49. The summed E-state index contributed by atoms with van der Waals surface area (Å²) in [6, 6.07) is 6.09. The van der Waals surface area contributed by atoms with Crippen LogP contribution in [0.15, 0.2) is 49.8 Å². The minimum atomic E-state index is -0.859. The molecule has 0 saturated carbocycles. The number of ether oxygens (including phenoxy) is 5. The molecular formula is C29H28BrIN2O8S. The molecule has 0 aliphatic carbocycles. The van der Waals surface area contributed by atoms with E-state index in [1.807, 2.05) is 6.92 Å². The average molecular weight is 771 g/mol. The Morgan fingerprint density at radius 1 is 1.10 bits per heavy atom. The van der Waals surface area contributed by atoms with Gasteiger partial charge in [0, 0.05) is 11.4 Å². The average Bonchev–Trinajstić information content (AvgIpc) is 3.23. The van der Waals surface area contributed by atoms with Crippen molar-refractivity contribution in [1.29, 1.82) is 0 Å². The zero-order valence-corrected chi connectivity index (χ0v) is 28.3. The van der Waals surface area contributed by atoms with Crippen molar-refractivity contribution in [2.24, 2.45) is 4.99 Å². The lowest BCUT2D eigenvalue weighted by molar-refractivity contribution is -0.139. The highest BCUT2D eigenvalue weighted by Gasteiger charge is 2.35. The molecule has 0 unspecified atom stereocenters. The van der Waals surface area contributed by atoms with E-state index in [1.165, 1.54) is 37.0 Å². The first kappa shape index (κ1) is 31.8. The number of allylic oxidation sites excluding steroid dienone is 1. The fourth-order valence-corrected chi connectivity index (χ4v) is 6.81. The van der Waals surface area contributed by atoms with Crippen molar-refractivity contribution in [2.45, 2.75) is 33.7 Å². The van der Waals surface area contributed by atoms with Crippen LogP contribution in [0, 0.1) is 3.57 Å². The van der Waals surface area contributed by atoms with Gasteiger partial charge in [-0.05, 0) is 84.8 Å². The van der Waals surface area contributed by atoms with Crippen LogP contribution in [0.5, 0.6) is 23.0 Å². The second kappa shape index (κ2) is 13.4. The first-order chi connectivity index (χ1) is 20.0. The Morgan fingerprint density at radius 3 is 2.40 bits per heavy atom. The highest BCUT2D eigenvalue weighted by molar-refractivity contribution is 14.1. The Balaban J connectivity index is 1.98. The predicted molar refractivity (Wildman–Crippen MR) is 169 cm³/mol. The second-order valence-electron chi connectivity index (χ2n) is 8.89. The van der Waals surface area contributed by atoms with E-state index in [0.717, 1.165) is 0 Å². The topological polar surface area (TPSA) is 115 Å². The molecule has 4 rings (SSSR count). The van der Waals surface area contributed by atoms with Gasteiger partial charge in [-0.2, -0.15) is 0 Å². The number of hydrogen-bond donors (Lipinski definition) is 0. The summed E-state index contributed by atoms with van der Waals surface area (Å²) < 4.78 is 30.6. The molecule has 0 radical (unpaired) electrons. The number of nitrogens with zero attached hydrogens (tertiary/aromatic N) is 2. The number of benzene rings is 2. The zero-order valence-electron chi connectivity index (χ0n) is 23.7. The molecule has 0 saturated heterocycles. The molecule has 0 fully saturated rings. The summed E-state index contributed by atoms with van der Waals surface area (Å²) in [5, 5.41) is 0. The number of rotatable bonds is 9. The Labute approximate surface area is 267 Å². The molecule has 222 valence electrons. The third-order valence-electron chi connectivity index (χ3n) is 6.19. The van der Waals surface area contributed by atoms with Gasteiger partial charge in [0.05, 0.1) is 52.8 Å². The number of fused-ring (bicyclic) bond motifs is 1. The lowest BCUT2D eigenvalue weighted by Crippen LogP contribution is -2.40. The number of methoxy groups -OCH3 is 2. The molecule has 1 aliphatic rings. The highest BCUT2D eigenvalue weighted by atomic mass is 127. The van der Waals surface area contributed by atoms with Gasteiger partial charge in [-0.15, -0.1) is 0 Å². The normalized spacial score (nSPS) is 14.7. The van der Waals surface area contributed by atoms with Crippen LogP contribution < -0.4 is 33.8 Å². The number of halogens is 2. The molecule has 42 heavy (non-hydrogen) atoms. The van der Waals surface area contributed by atoms with Gasteiger partial charge in [-0.1, -0.05) is 27.3 Å². The van der Waals surface area contributed by atoms with E-state index in [0.29, 0.717) is 63.8 Å². The summed E-state index contributed by atoms with van der Waals surface area (Å²) >= 11 is 6.85. The minimum absolute atomic E-state index is 0.157. The molecule has 10 nitrogen and oxygen atoms in total. The van der Waals surface area contributed by atoms with E-state index in [4.69, 9.17) is 23.7 Å². The summed E-state index contributed by atoms with van der Waals surface area (Å²) in [6.07, 6.45) is 1.72. The summed E-state index contributed by atoms with van der Waals surface area (Å²) in [4.78, 5) is 44.0. The van der Waals surface area contributed by atoms with E-state index in [-0.39, 0.29) is 17.7 Å². The van der Waals surface area contributed by atoms with Gasteiger partial charge in [0.2, 0.25) is 0 Å². The molecule has 1 aliphatic heterocycles. The highest BCUT2D eigenvalue weighted by Crippen LogP contribution is 2.41. The molecule has 2 heterocycles. The monoisotopic (exact) mass is 770 g/mol. The summed E-state index contributed by atoms with van der Waals surface area (Å²) in [7, 11) is 3.04. The summed E-state index contributed by atoms with van der Waals surface area (Å²) in [6.45, 7) is 7.09. The lowest BCUT2D eigenvalue weighted by Gasteiger charge is -2.26. The van der Waals surface area contributed by atoms with Gasteiger partial charge in [0.1, 0.15) is 0 Å². The molecule has 13 heteroatoms. The number of aromatic nitrogens is 1. The Hall–Kier alpha value is -3.17. The third-order valence-corrected chi connectivity index (χ3v) is 8.66. The Bertz CT molecular complexity index is 1780. The van der Waals surface area contributed by atoms with Crippen molar-refractivity contribution in [2.75, 3.05) is 27.4 Å². The first-order valence-corrected chi connectivity index (χ1v) is 15.5. The minimum Gasteiger partial charge on any atom is -0.493 e. The number of carbonyl (C=O) groups excluding carboxylic acids is 2. The molecule has 0 N–H and O–H groups in total. The van der Waals surface area contributed by atoms with Gasteiger partial charge in [0.15, 0.2) is 27.8 Å². The third kappa shape index (κ3) is 6.27. The van der Waals surface area contributed by atoms with Crippen LogP contribution in [-0.2, 0) is 14.3 Å². The number of carbonyl (C=O) groups is 2. The number of thiazole rings is 1. The second-order valence-corrected chi connectivity index (χ2v) is 11.9. The maximum atomic E-state index is 14.1. The SMILES string of the molecule is CCOC(=O)C1=C(C)N=c2s/c(=C\c3cc(I)c(OC(C)=O)c(OCC)c3)c(=O)n2[C@H]1c1cc(OC)c(OC)cc1Br. The predicted octanol–water partition coefficient (Wildman–Crippen LogP) is 4.51.